The van der Waals surface area contributed by atoms with Crippen LogP contribution in [0, 0.1) is 5.92 Å². The molecule has 1 radical (unpaired) electrons. The van der Waals surface area contributed by atoms with Crippen LogP contribution in [0.4, 0.5) is 0 Å². The third-order valence-electron chi connectivity index (χ3n) is 4.55. The fourth-order valence-corrected chi connectivity index (χ4v) is 3.64. The van der Waals surface area contributed by atoms with Crippen LogP contribution in [0.1, 0.15) is 53.4 Å². The smallest absolute Gasteiger partial charge is 0.192 e. The van der Waals surface area contributed by atoms with Crippen LogP contribution >= 0.6 is 0 Å². The van der Waals surface area contributed by atoms with Crippen molar-refractivity contribution in [3.05, 3.63) is 5.92 Å². The lowest BCUT2D eigenvalue weighted by Crippen LogP contribution is -2.47. The molecule has 0 bridgehead atoms. The summed E-state index contributed by atoms with van der Waals surface area (Å²) in [6, 6.07) is 0.267. The molecule has 1 fully saturated rings. The van der Waals surface area contributed by atoms with Crippen LogP contribution in [0.3, 0.4) is 0 Å². The quantitative estimate of drug-likeness (QED) is 0.778. The van der Waals surface area contributed by atoms with E-state index in [2.05, 4.69) is 40.8 Å². The Hall–Kier alpha value is 0.137. The van der Waals surface area contributed by atoms with Crippen molar-refractivity contribution in [1.29, 1.82) is 0 Å². The minimum absolute atomic E-state index is 0.267. The molecule has 101 valence electrons. The molecule has 2 atom stereocenters. The van der Waals surface area contributed by atoms with Crippen LogP contribution < -0.4 is 5.73 Å². The van der Waals surface area contributed by atoms with Gasteiger partial charge in [-0.3, -0.25) is 0 Å². The maximum absolute atomic E-state index is 6.45. The molecule has 3 heteroatoms. The fourth-order valence-electron chi connectivity index (χ4n) is 2.24. The molecule has 0 heterocycles. The van der Waals surface area contributed by atoms with Crippen molar-refractivity contribution in [2.24, 2.45) is 5.73 Å². The molecule has 2 N–H and O–H groups in total. The first kappa shape index (κ1) is 15.2. The van der Waals surface area contributed by atoms with Gasteiger partial charge < -0.3 is 10.2 Å². The summed E-state index contributed by atoms with van der Waals surface area (Å²) in [7, 11) is -1.62. The number of hydrogen-bond acceptors (Lipinski definition) is 2. The van der Waals surface area contributed by atoms with E-state index >= 15 is 0 Å². The highest BCUT2D eigenvalue weighted by atomic mass is 28.4. The lowest BCUT2D eigenvalue weighted by Gasteiger charge is -2.42. The molecule has 2 nitrogen and oxygen atoms in total. The van der Waals surface area contributed by atoms with E-state index in [0.717, 1.165) is 19.3 Å². The molecule has 0 aromatic heterocycles. The van der Waals surface area contributed by atoms with E-state index < -0.39 is 8.32 Å². The zero-order chi connectivity index (χ0) is 13.3. The highest BCUT2D eigenvalue weighted by molar-refractivity contribution is 6.74. The van der Waals surface area contributed by atoms with Gasteiger partial charge in [0, 0.05) is 12.1 Å². The molecule has 1 aliphatic rings. The lowest BCUT2D eigenvalue weighted by molar-refractivity contribution is 0.134. The van der Waals surface area contributed by atoms with Crippen LogP contribution in [0.5, 0.6) is 0 Å². The van der Waals surface area contributed by atoms with Gasteiger partial charge in [0.25, 0.3) is 0 Å². The second-order valence-electron chi connectivity index (χ2n) is 6.89. The lowest BCUT2D eigenvalue weighted by atomic mass is 9.82. The summed E-state index contributed by atoms with van der Waals surface area (Å²) in [6.45, 7) is 13.8. The monoisotopic (exact) mass is 256 g/mol. The molecule has 1 saturated carbocycles. The molecule has 0 saturated heterocycles. The number of hydrogen-bond donors (Lipinski definition) is 1. The van der Waals surface area contributed by atoms with Crippen LogP contribution in [0.2, 0.25) is 18.1 Å². The van der Waals surface area contributed by atoms with Gasteiger partial charge in [-0.2, -0.15) is 0 Å². The second-order valence-corrected chi connectivity index (χ2v) is 11.6. The van der Waals surface area contributed by atoms with Crippen molar-refractivity contribution < 1.29 is 4.43 Å². The average molecular weight is 256 g/mol. The van der Waals surface area contributed by atoms with E-state index in [1.165, 1.54) is 12.3 Å². The van der Waals surface area contributed by atoms with Crippen LogP contribution in [0.25, 0.3) is 0 Å². The summed E-state index contributed by atoms with van der Waals surface area (Å²) < 4.78 is 6.45. The van der Waals surface area contributed by atoms with Gasteiger partial charge in [0.2, 0.25) is 0 Å². The summed E-state index contributed by atoms with van der Waals surface area (Å²) in [5.74, 6) is 1.53. The highest BCUT2D eigenvalue weighted by Gasteiger charge is 2.40. The Morgan fingerprint density at radius 2 is 1.94 bits per heavy atom. The second kappa shape index (κ2) is 5.41. The maximum Gasteiger partial charge on any atom is 0.192 e. The van der Waals surface area contributed by atoms with E-state index in [9.17, 15) is 0 Å². The van der Waals surface area contributed by atoms with Crippen molar-refractivity contribution in [3.8, 4) is 0 Å². The first-order valence-corrected chi connectivity index (χ1v) is 9.86. The average Bonchev–Trinajstić information content (AvgIpc) is 2.15. The topological polar surface area (TPSA) is 35.2 Å². The highest BCUT2D eigenvalue weighted by Crippen LogP contribution is 2.40. The van der Waals surface area contributed by atoms with Gasteiger partial charge in [-0.15, -0.1) is 0 Å². The Morgan fingerprint density at radius 3 is 2.35 bits per heavy atom. The van der Waals surface area contributed by atoms with Gasteiger partial charge in [0.05, 0.1) is 0 Å². The van der Waals surface area contributed by atoms with Gasteiger partial charge in [-0.25, -0.2) is 0 Å². The molecular weight excluding hydrogens is 226 g/mol. The van der Waals surface area contributed by atoms with Gasteiger partial charge in [-0.1, -0.05) is 27.7 Å². The van der Waals surface area contributed by atoms with E-state index in [0.29, 0.717) is 11.1 Å². The molecular formula is C14H30NOSi. The minimum Gasteiger partial charge on any atom is -0.414 e. The summed E-state index contributed by atoms with van der Waals surface area (Å²) in [6.07, 6.45) is 4.88. The van der Waals surface area contributed by atoms with E-state index in [1.807, 2.05) is 0 Å². The Balaban J connectivity index is 2.55. The van der Waals surface area contributed by atoms with Crippen LogP contribution in [0.15, 0.2) is 0 Å². The predicted molar refractivity (Wildman–Crippen MR) is 77.4 cm³/mol. The summed E-state index contributed by atoms with van der Waals surface area (Å²) in [5, 5.41) is 0.297. The van der Waals surface area contributed by atoms with Crippen molar-refractivity contribution in [1.82, 2.24) is 0 Å². The Bertz CT molecular complexity index is 247. The van der Waals surface area contributed by atoms with Crippen molar-refractivity contribution >= 4 is 8.32 Å². The molecule has 0 aromatic carbocycles. The molecule has 0 aliphatic heterocycles. The molecule has 1 aliphatic carbocycles. The summed E-state index contributed by atoms with van der Waals surface area (Å²) >= 11 is 0. The Labute approximate surface area is 108 Å². The molecule has 1 rings (SSSR count). The predicted octanol–water partition coefficient (Wildman–Crippen LogP) is 3.87. The van der Waals surface area contributed by atoms with Crippen molar-refractivity contribution in [2.45, 2.75) is 83.7 Å². The molecule has 0 aromatic rings. The van der Waals surface area contributed by atoms with Gasteiger partial charge in [-0.05, 0) is 49.7 Å². The van der Waals surface area contributed by atoms with Crippen molar-refractivity contribution in [2.75, 3.05) is 0 Å². The zero-order valence-electron chi connectivity index (χ0n) is 12.5. The van der Waals surface area contributed by atoms with Crippen LogP contribution in [-0.4, -0.2) is 20.5 Å². The maximum atomic E-state index is 6.45. The third-order valence-corrected chi connectivity index (χ3v) is 9.09. The van der Waals surface area contributed by atoms with E-state index in [-0.39, 0.29) is 6.04 Å². The Morgan fingerprint density at radius 1 is 1.35 bits per heavy atom. The summed E-state index contributed by atoms with van der Waals surface area (Å²) in [5.41, 5.74) is 6.21. The SMILES string of the molecule is CC[C]1CCC(O[Si](C)(C)C(C)(C)C)C[C@H]1N. The van der Waals surface area contributed by atoms with Gasteiger partial charge in [0.15, 0.2) is 8.32 Å². The first-order valence-electron chi connectivity index (χ1n) is 6.95. The van der Waals surface area contributed by atoms with Crippen molar-refractivity contribution in [3.63, 3.8) is 0 Å². The number of rotatable bonds is 3. The largest absolute Gasteiger partial charge is 0.414 e. The van der Waals surface area contributed by atoms with Crippen LogP contribution in [-0.2, 0) is 4.43 Å². The molecule has 1 unspecified atom stereocenters. The molecule has 0 amide bonds. The van der Waals surface area contributed by atoms with Gasteiger partial charge in [0.1, 0.15) is 0 Å². The summed E-state index contributed by atoms with van der Waals surface area (Å²) in [4.78, 5) is 0. The third kappa shape index (κ3) is 3.80. The van der Waals surface area contributed by atoms with E-state index in [4.69, 9.17) is 10.2 Å². The van der Waals surface area contributed by atoms with E-state index in [1.54, 1.807) is 0 Å². The zero-order valence-corrected chi connectivity index (χ0v) is 13.5. The Kier molecular flexibility index (Phi) is 4.84. The minimum atomic E-state index is -1.62. The normalized spacial score (nSPS) is 28.4. The standard InChI is InChI=1S/C14H30NOSi/c1-7-11-8-9-12(10-13(11)15)16-17(5,6)14(2,3)4/h12-13H,7-10,15H2,1-6H3/t12?,13-/m1/s1. The first-order chi connectivity index (χ1) is 7.67. The van der Waals surface area contributed by atoms with Gasteiger partial charge >= 0.3 is 0 Å². The molecule has 17 heavy (non-hydrogen) atoms. The fraction of sp³-hybridized carbons (Fsp3) is 0.929. The molecule has 0 spiro atoms. The number of nitrogens with two attached hydrogens (primary N) is 1.